The number of hydrogen-bond donors (Lipinski definition) is 1. The Labute approximate surface area is 156 Å². The van der Waals surface area contributed by atoms with Crippen molar-refractivity contribution in [1.82, 2.24) is 14.8 Å². The van der Waals surface area contributed by atoms with Crippen LogP contribution in [0.4, 0.5) is 5.69 Å². The standard InChI is InChI=1S/C20H20N4O3/c25-20(15-3-7-17(8-4-15)24-13-21-22-14-24)23-16-5-9-18(10-6-16)27-12-19-2-1-11-26-19/h3-10,13-14,19H,1-2,11-12H2,(H,23,25). The van der Waals surface area contributed by atoms with E-state index in [1.165, 1.54) is 0 Å². The van der Waals surface area contributed by atoms with Gasteiger partial charge < -0.3 is 14.8 Å². The summed E-state index contributed by atoms with van der Waals surface area (Å²) in [6, 6.07) is 14.6. The number of nitrogens with zero attached hydrogens (tertiary/aromatic N) is 3. The van der Waals surface area contributed by atoms with Crippen LogP contribution in [0.25, 0.3) is 5.69 Å². The van der Waals surface area contributed by atoms with Crippen LogP contribution in [0.15, 0.2) is 61.2 Å². The maximum atomic E-state index is 12.4. The molecule has 138 valence electrons. The van der Waals surface area contributed by atoms with Crippen LogP contribution in [-0.4, -0.2) is 40.0 Å². The number of rotatable bonds is 6. The number of nitrogens with one attached hydrogen (secondary N) is 1. The smallest absolute Gasteiger partial charge is 0.255 e. The van der Waals surface area contributed by atoms with Crippen molar-refractivity contribution in [1.29, 1.82) is 0 Å². The van der Waals surface area contributed by atoms with Gasteiger partial charge in [-0.05, 0) is 61.4 Å². The second kappa shape index (κ2) is 8.01. The lowest BCUT2D eigenvalue weighted by Crippen LogP contribution is -2.16. The predicted molar refractivity (Wildman–Crippen MR) is 100 cm³/mol. The van der Waals surface area contributed by atoms with E-state index in [0.717, 1.165) is 30.9 Å². The molecule has 2 aromatic carbocycles. The van der Waals surface area contributed by atoms with Gasteiger partial charge in [0, 0.05) is 23.5 Å². The van der Waals surface area contributed by atoms with Gasteiger partial charge in [-0.15, -0.1) is 10.2 Å². The highest BCUT2D eigenvalue weighted by atomic mass is 16.5. The van der Waals surface area contributed by atoms with Crippen molar-refractivity contribution in [2.75, 3.05) is 18.5 Å². The first-order valence-corrected chi connectivity index (χ1v) is 8.89. The fourth-order valence-corrected chi connectivity index (χ4v) is 2.92. The molecule has 7 nitrogen and oxygen atoms in total. The van der Waals surface area contributed by atoms with Crippen molar-refractivity contribution in [3.05, 3.63) is 66.7 Å². The van der Waals surface area contributed by atoms with Gasteiger partial charge in [-0.2, -0.15) is 0 Å². The van der Waals surface area contributed by atoms with Crippen LogP contribution < -0.4 is 10.1 Å². The number of aromatic nitrogens is 3. The highest BCUT2D eigenvalue weighted by Crippen LogP contribution is 2.19. The van der Waals surface area contributed by atoms with E-state index in [1.807, 2.05) is 36.4 Å². The van der Waals surface area contributed by atoms with E-state index in [2.05, 4.69) is 15.5 Å². The van der Waals surface area contributed by atoms with Crippen LogP contribution in [0.1, 0.15) is 23.2 Å². The summed E-state index contributed by atoms with van der Waals surface area (Å²) in [5.41, 5.74) is 2.18. The lowest BCUT2D eigenvalue weighted by molar-refractivity contribution is 0.0679. The molecule has 7 heteroatoms. The number of carbonyl (C=O) groups excluding carboxylic acids is 1. The highest BCUT2D eigenvalue weighted by molar-refractivity contribution is 6.04. The maximum Gasteiger partial charge on any atom is 0.255 e. The molecule has 3 aromatic rings. The summed E-state index contributed by atoms with van der Waals surface area (Å²) in [5, 5.41) is 10.4. The van der Waals surface area contributed by atoms with Crippen LogP contribution in [0.3, 0.4) is 0 Å². The van der Waals surface area contributed by atoms with E-state index in [1.54, 1.807) is 29.4 Å². The fourth-order valence-electron chi connectivity index (χ4n) is 2.92. The largest absolute Gasteiger partial charge is 0.491 e. The van der Waals surface area contributed by atoms with Gasteiger partial charge in [0.15, 0.2) is 0 Å². The van der Waals surface area contributed by atoms with E-state index in [4.69, 9.17) is 9.47 Å². The zero-order valence-corrected chi connectivity index (χ0v) is 14.7. The Bertz CT molecular complexity index is 871. The van der Waals surface area contributed by atoms with E-state index >= 15 is 0 Å². The SMILES string of the molecule is O=C(Nc1ccc(OCC2CCCO2)cc1)c1ccc(-n2cnnc2)cc1. The van der Waals surface area contributed by atoms with Crippen LogP contribution in [0, 0.1) is 0 Å². The highest BCUT2D eigenvalue weighted by Gasteiger charge is 2.16. The predicted octanol–water partition coefficient (Wildman–Crippen LogP) is 3.08. The number of benzene rings is 2. The van der Waals surface area contributed by atoms with E-state index in [0.29, 0.717) is 17.9 Å². The molecule has 1 fully saturated rings. The van der Waals surface area contributed by atoms with Crippen molar-refractivity contribution in [3.8, 4) is 11.4 Å². The molecule has 2 heterocycles. The number of amides is 1. The van der Waals surface area contributed by atoms with Crippen LogP contribution in [0.5, 0.6) is 5.75 Å². The molecular weight excluding hydrogens is 344 g/mol. The van der Waals surface area contributed by atoms with E-state index in [-0.39, 0.29) is 12.0 Å². The molecule has 0 spiro atoms. The topological polar surface area (TPSA) is 78.3 Å². The third-order valence-corrected chi connectivity index (χ3v) is 4.42. The lowest BCUT2D eigenvalue weighted by Gasteiger charge is -2.12. The van der Waals surface area contributed by atoms with Gasteiger partial charge in [0.2, 0.25) is 0 Å². The zero-order valence-electron chi connectivity index (χ0n) is 14.7. The average Bonchev–Trinajstić information content (AvgIpc) is 3.42. The van der Waals surface area contributed by atoms with Gasteiger partial charge in [0.05, 0.1) is 6.10 Å². The Morgan fingerprint density at radius 2 is 1.85 bits per heavy atom. The van der Waals surface area contributed by atoms with Crippen molar-refractivity contribution in [3.63, 3.8) is 0 Å². The number of anilines is 1. The summed E-state index contributed by atoms with van der Waals surface area (Å²) >= 11 is 0. The van der Waals surface area contributed by atoms with Crippen LogP contribution in [0.2, 0.25) is 0 Å². The molecule has 1 atom stereocenters. The van der Waals surface area contributed by atoms with Crippen molar-refractivity contribution in [2.24, 2.45) is 0 Å². The Hall–Kier alpha value is -3.19. The van der Waals surface area contributed by atoms with E-state index in [9.17, 15) is 4.79 Å². The molecular formula is C20H20N4O3. The third kappa shape index (κ3) is 4.32. The molecule has 27 heavy (non-hydrogen) atoms. The molecule has 1 amide bonds. The average molecular weight is 364 g/mol. The van der Waals surface area contributed by atoms with Crippen LogP contribution in [-0.2, 0) is 4.74 Å². The van der Waals surface area contributed by atoms with Gasteiger partial charge in [-0.25, -0.2) is 0 Å². The van der Waals surface area contributed by atoms with Gasteiger partial charge in [0.25, 0.3) is 5.91 Å². The number of hydrogen-bond acceptors (Lipinski definition) is 5. The first-order chi connectivity index (χ1) is 13.3. The molecule has 0 saturated carbocycles. The fraction of sp³-hybridized carbons (Fsp3) is 0.250. The number of carbonyl (C=O) groups is 1. The second-order valence-corrected chi connectivity index (χ2v) is 6.34. The maximum absolute atomic E-state index is 12.4. The van der Waals surface area contributed by atoms with Gasteiger partial charge >= 0.3 is 0 Å². The summed E-state index contributed by atoms with van der Waals surface area (Å²) in [6.07, 6.45) is 5.55. The quantitative estimate of drug-likeness (QED) is 0.727. The second-order valence-electron chi connectivity index (χ2n) is 6.34. The molecule has 1 N–H and O–H groups in total. The molecule has 1 aliphatic heterocycles. The molecule has 0 radical (unpaired) electrons. The van der Waals surface area contributed by atoms with E-state index < -0.39 is 0 Å². The Morgan fingerprint density at radius 1 is 1.11 bits per heavy atom. The monoisotopic (exact) mass is 364 g/mol. The summed E-state index contributed by atoms with van der Waals surface area (Å²) < 4.78 is 13.0. The Balaban J connectivity index is 1.33. The first kappa shape index (κ1) is 17.2. The van der Waals surface area contributed by atoms with Crippen molar-refractivity contribution < 1.29 is 14.3 Å². The Kier molecular flexibility index (Phi) is 5.11. The molecule has 0 aliphatic carbocycles. The molecule has 1 unspecified atom stereocenters. The summed E-state index contributed by atoms with van der Waals surface area (Å²) in [7, 11) is 0. The minimum atomic E-state index is -0.168. The summed E-state index contributed by atoms with van der Waals surface area (Å²) in [6.45, 7) is 1.38. The van der Waals surface area contributed by atoms with Gasteiger partial charge in [-0.1, -0.05) is 0 Å². The van der Waals surface area contributed by atoms with Crippen molar-refractivity contribution >= 4 is 11.6 Å². The first-order valence-electron chi connectivity index (χ1n) is 8.89. The normalized spacial score (nSPS) is 16.2. The molecule has 0 bridgehead atoms. The molecule has 4 rings (SSSR count). The van der Waals surface area contributed by atoms with Gasteiger partial charge in [0.1, 0.15) is 25.0 Å². The van der Waals surface area contributed by atoms with Crippen molar-refractivity contribution in [2.45, 2.75) is 18.9 Å². The minimum Gasteiger partial charge on any atom is -0.491 e. The Morgan fingerprint density at radius 3 is 2.52 bits per heavy atom. The lowest BCUT2D eigenvalue weighted by atomic mass is 10.2. The van der Waals surface area contributed by atoms with Gasteiger partial charge in [-0.3, -0.25) is 9.36 Å². The van der Waals surface area contributed by atoms with Crippen LogP contribution >= 0.6 is 0 Å². The molecule has 1 aromatic heterocycles. The molecule has 1 saturated heterocycles. The number of ether oxygens (including phenoxy) is 2. The summed E-state index contributed by atoms with van der Waals surface area (Å²) in [5.74, 6) is 0.597. The third-order valence-electron chi connectivity index (χ3n) is 4.42. The zero-order chi connectivity index (χ0) is 18.5. The summed E-state index contributed by atoms with van der Waals surface area (Å²) in [4.78, 5) is 12.4. The minimum absolute atomic E-state index is 0.168. The molecule has 1 aliphatic rings.